The van der Waals surface area contributed by atoms with Gasteiger partial charge in [-0.25, -0.2) is 13.2 Å². The number of hydrogen-bond donors (Lipinski definition) is 0. The smallest absolute Gasteiger partial charge is 0.158 e. The summed E-state index contributed by atoms with van der Waals surface area (Å²) in [5.74, 6) is 0. The third-order valence-electron chi connectivity index (χ3n) is 3.34. The van der Waals surface area contributed by atoms with Crippen molar-refractivity contribution in [3.63, 3.8) is 0 Å². The molecule has 0 N–H and O–H groups in total. The molecule has 19 heavy (non-hydrogen) atoms. The molecule has 0 aliphatic heterocycles. The Morgan fingerprint density at radius 1 is 1.05 bits per heavy atom. The minimum atomic E-state index is -1.26. The molecular formula is C15H14N2OS. The van der Waals surface area contributed by atoms with E-state index < -0.39 is 11.0 Å². The second-order valence-electron chi connectivity index (χ2n) is 4.44. The molecule has 0 bridgehead atoms. The summed E-state index contributed by atoms with van der Waals surface area (Å²) < 4.78 is 14.5. The summed E-state index contributed by atoms with van der Waals surface area (Å²) in [6.45, 7) is 4.02. The van der Waals surface area contributed by atoms with E-state index in [1.807, 2.05) is 56.3 Å². The summed E-state index contributed by atoms with van der Waals surface area (Å²) in [7, 11) is -1.26. The van der Waals surface area contributed by atoms with Gasteiger partial charge in [0.2, 0.25) is 0 Å². The highest BCUT2D eigenvalue weighted by Gasteiger charge is 2.17. The Morgan fingerprint density at radius 2 is 1.79 bits per heavy atom. The maximum absolute atomic E-state index is 12.7. The van der Waals surface area contributed by atoms with Gasteiger partial charge in [-0.15, -0.1) is 0 Å². The first kappa shape index (κ1) is 12.1. The van der Waals surface area contributed by atoms with Crippen LogP contribution in [0, 0.1) is 13.8 Å². The van der Waals surface area contributed by atoms with Crippen molar-refractivity contribution in [2.24, 2.45) is 0 Å². The van der Waals surface area contributed by atoms with Crippen molar-refractivity contribution < 1.29 is 4.21 Å². The fraction of sp³-hybridized carbons (Fsp3) is 0.133. The van der Waals surface area contributed by atoms with E-state index in [0.717, 1.165) is 27.2 Å². The lowest BCUT2D eigenvalue weighted by molar-refractivity contribution is 0.677. The van der Waals surface area contributed by atoms with Crippen LogP contribution >= 0.6 is 0 Å². The van der Waals surface area contributed by atoms with Crippen molar-refractivity contribution in [2.45, 2.75) is 18.7 Å². The predicted octanol–water partition coefficient (Wildman–Crippen LogP) is 3.22. The molecule has 2 aromatic heterocycles. The molecule has 0 fully saturated rings. The molecule has 0 radical (unpaired) electrons. The Labute approximate surface area is 114 Å². The Bertz CT molecular complexity index is 762. The maximum Gasteiger partial charge on any atom is 0.158 e. The number of aromatic nitrogens is 2. The molecule has 0 amide bonds. The second kappa shape index (κ2) is 4.63. The number of hydrogen-bond acceptors (Lipinski definition) is 2. The molecule has 0 saturated heterocycles. The predicted molar refractivity (Wildman–Crippen MR) is 77.5 cm³/mol. The SMILES string of the molecule is Cc1c(C)n(S(=O)c2ccccc2)c2ncccc12. The standard InChI is InChI=1S/C15H14N2OS/c1-11-12(2)17(15-14(11)9-6-10-16-15)19(18)13-7-4-3-5-8-13/h3-10H,1-2H3. The van der Waals surface area contributed by atoms with Crippen molar-refractivity contribution in [3.05, 3.63) is 59.9 Å². The van der Waals surface area contributed by atoms with Crippen LogP contribution in [-0.4, -0.2) is 13.2 Å². The van der Waals surface area contributed by atoms with Gasteiger partial charge in [0.25, 0.3) is 0 Å². The normalized spacial score (nSPS) is 12.7. The largest absolute Gasteiger partial charge is 0.243 e. The highest BCUT2D eigenvalue weighted by atomic mass is 32.2. The van der Waals surface area contributed by atoms with E-state index in [4.69, 9.17) is 0 Å². The van der Waals surface area contributed by atoms with Crippen LogP contribution in [0.5, 0.6) is 0 Å². The monoisotopic (exact) mass is 270 g/mol. The summed E-state index contributed by atoms with van der Waals surface area (Å²) in [5, 5.41) is 1.06. The van der Waals surface area contributed by atoms with Crippen LogP contribution in [0.4, 0.5) is 0 Å². The van der Waals surface area contributed by atoms with Crippen LogP contribution in [-0.2, 0) is 11.0 Å². The fourth-order valence-electron chi connectivity index (χ4n) is 2.20. The van der Waals surface area contributed by atoms with Gasteiger partial charge in [-0.05, 0) is 43.7 Å². The lowest BCUT2D eigenvalue weighted by Gasteiger charge is -2.07. The van der Waals surface area contributed by atoms with Gasteiger partial charge < -0.3 is 0 Å². The van der Waals surface area contributed by atoms with E-state index >= 15 is 0 Å². The van der Waals surface area contributed by atoms with Gasteiger partial charge in [0.15, 0.2) is 16.6 Å². The number of fused-ring (bicyclic) bond motifs is 1. The average molecular weight is 270 g/mol. The lowest BCUT2D eigenvalue weighted by atomic mass is 10.2. The minimum Gasteiger partial charge on any atom is -0.243 e. The van der Waals surface area contributed by atoms with E-state index in [1.165, 1.54) is 0 Å². The van der Waals surface area contributed by atoms with Crippen molar-refractivity contribution in [2.75, 3.05) is 0 Å². The van der Waals surface area contributed by atoms with E-state index in [9.17, 15) is 4.21 Å². The summed E-state index contributed by atoms with van der Waals surface area (Å²) >= 11 is 0. The molecule has 1 atom stereocenters. The summed E-state index contributed by atoms with van der Waals surface area (Å²) in [5.41, 5.74) is 2.91. The Hall–Kier alpha value is -1.94. The van der Waals surface area contributed by atoms with Crippen LogP contribution in [0.15, 0.2) is 53.6 Å². The maximum atomic E-state index is 12.7. The Morgan fingerprint density at radius 3 is 2.53 bits per heavy atom. The lowest BCUT2D eigenvalue weighted by Crippen LogP contribution is -2.07. The first-order valence-corrected chi connectivity index (χ1v) is 7.21. The van der Waals surface area contributed by atoms with Gasteiger partial charge >= 0.3 is 0 Å². The van der Waals surface area contributed by atoms with E-state index in [-0.39, 0.29) is 0 Å². The van der Waals surface area contributed by atoms with Crippen LogP contribution < -0.4 is 0 Å². The van der Waals surface area contributed by atoms with Crippen LogP contribution in [0.2, 0.25) is 0 Å². The molecule has 2 heterocycles. The van der Waals surface area contributed by atoms with Gasteiger partial charge in [-0.3, -0.25) is 0 Å². The summed E-state index contributed by atoms with van der Waals surface area (Å²) in [6.07, 6.45) is 1.74. The van der Waals surface area contributed by atoms with E-state index in [1.54, 1.807) is 10.2 Å². The summed E-state index contributed by atoms with van der Waals surface area (Å²) in [6, 6.07) is 13.4. The third kappa shape index (κ3) is 1.88. The Balaban J connectivity index is 2.26. The summed E-state index contributed by atoms with van der Waals surface area (Å²) in [4.78, 5) is 5.16. The molecule has 0 aliphatic rings. The highest BCUT2D eigenvalue weighted by molar-refractivity contribution is 7.83. The molecule has 4 heteroatoms. The van der Waals surface area contributed by atoms with Crippen molar-refractivity contribution in [1.82, 2.24) is 8.96 Å². The molecule has 96 valence electrons. The zero-order valence-corrected chi connectivity index (χ0v) is 11.6. The van der Waals surface area contributed by atoms with Gasteiger partial charge in [-0.2, -0.15) is 0 Å². The van der Waals surface area contributed by atoms with Crippen LogP contribution in [0.3, 0.4) is 0 Å². The molecular weight excluding hydrogens is 256 g/mol. The van der Waals surface area contributed by atoms with Gasteiger partial charge in [0.1, 0.15) is 0 Å². The molecule has 1 aromatic carbocycles. The first-order chi connectivity index (χ1) is 9.20. The van der Waals surface area contributed by atoms with Gasteiger partial charge in [-0.1, -0.05) is 18.2 Å². The molecule has 0 saturated carbocycles. The van der Waals surface area contributed by atoms with Crippen molar-refractivity contribution >= 4 is 22.0 Å². The number of nitrogens with zero attached hydrogens (tertiary/aromatic N) is 2. The molecule has 0 spiro atoms. The quantitative estimate of drug-likeness (QED) is 0.716. The van der Waals surface area contributed by atoms with E-state index in [0.29, 0.717) is 0 Å². The average Bonchev–Trinajstić information content (AvgIpc) is 2.72. The second-order valence-corrected chi connectivity index (χ2v) is 5.78. The van der Waals surface area contributed by atoms with Crippen molar-refractivity contribution in [3.8, 4) is 0 Å². The molecule has 3 aromatic rings. The molecule has 1 unspecified atom stereocenters. The zero-order chi connectivity index (χ0) is 13.4. The van der Waals surface area contributed by atoms with Crippen LogP contribution in [0.1, 0.15) is 11.3 Å². The number of aryl methyl sites for hydroxylation is 1. The molecule has 0 aliphatic carbocycles. The highest BCUT2D eigenvalue weighted by Crippen LogP contribution is 2.25. The topological polar surface area (TPSA) is 34.9 Å². The molecule has 3 rings (SSSR count). The third-order valence-corrected chi connectivity index (χ3v) is 4.79. The number of pyridine rings is 1. The van der Waals surface area contributed by atoms with Crippen molar-refractivity contribution in [1.29, 1.82) is 0 Å². The fourth-order valence-corrected chi connectivity index (χ4v) is 3.49. The van der Waals surface area contributed by atoms with Gasteiger partial charge in [0, 0.05) is 17.3 Å². The van der Waals surface area contributed by atoms with Crippen LogP contribution in [0.25, 0.3) is 11.0 Å². The first-order valence-electron chi connectivity index (χ1n) is 6.10. The molecule has 3 nitrogen and oxygen atoms in total. The zero-order valence-electron chi connectivity index (χ0n) is 10.8. The Kier molecular flexibility index (Phi) is 2.95. The van der Waals surface area contributed by atoms with E-state index in [2.05, 4.69) is 4.98 Å². The minimum absolute atomic E-state index is 0.777. The number of rotatable bonds is 2. The number of benzene rings is 1. The van der Waals surface area contributed by atoms with Gasteiger partial charge in [0.05, 0.1) is 4.90 Å².